The van der Waals surface area contributed by atoms with Gasteiger partial charge in [-0.3, -0.25) is 4.98 Å². The molecule has 0 atom stereocenters. The van der Waals surface area contributed by atoms with Crippen LogP contribution in [0.2, 0.25) is 0 Å². The summed E-state index contributed by atoms with van der Waals surface area (Å²) in [6.45, 7) is 0. The highest BCUT2D eigenvalue weighted by atomic mass is 32.1. The summed E-state index contributed by atoms with van der Waals surface area (Å²) in [7, 11) is 0. The van der Waals surface area contributed by atoms with Crippen LogP contribution in [0.1, 0.15) is 0 Å². The third-order valence-electron chi connectivity index (χ3n) is 25.1. The molecule has 0 fully saturated rings. The Labute approximate surface area is 793 Å². The summed E-state index contributed by atoms with van der Waals surface area (Å²) in [6.07, 6.45) is 3.66. The van der Waals surface area contributed by atoms with Gasteiger partial charge in [0, 0.05) is 126 Å². The Morgan fingerprint density at radius 2 is 0.438 bits per heavy atom. The zero-order valence-corrected chi connectivity index (χ0v) is 74.6. The van der Waals surface area contributed by atoms with Crippen LogP contribution in [0.5, 0.6) is 0 Å². The summed E-state index contributed by atoms with van der Waals surface area (Å²) in [4.78, 5) is 34.8. The fourth-order valence-electron chi connectivity index (χ4n) is 17.9. The van der Waals surface area contributed by atoms with Gasteiger partial charge in [0.2, 0.25) is 0 Å². The van der Waals surface area contributed by atoms with Crippen molar-refractivity contribution in [2.24, 2.45) is 0 Å². The molecule has 0 amide bonds. The highest BCUT2D eigenvalue weighted by molar-refractivity contribution is 7.25. The van der Waals surface area contributed by atoms with Crippen LogP contribution in [0.15, 0.2) is 497 Å². The number of pyridine rings is 1. The second-order valence-electron chi connectivity index (χ2n) is 33.8. The first-order valence-corrected chi connectivity index (χ1v) is 46.4. The maximum Gasteiger partial charge on any atom is 0.160 e. The summed E-state index contributed by atoms with van der Waals surface area (Å²) >= 11 is 1.81. The van der Waals surface area contributed by atoms with Crippen molar-refractivity contribution in [3.63, 3.8) is 0 Å². The van der Waals surface area contributed by atoms with Gasteiger partial charge in [0.05, 0.1) is 34.2 Å². The molecule has 0 aliphatic heterocycles. The largest absolute Gasteiger partial charge is 0.456 e. The van der Waals surface area contributed by atoms with Gasteiger partial charge in [0.15, 0.2) is 17.5 Å². The number of benzene rings is 17. The molecule has 0 aliphatic rings. The topological polar surface area (TPSA) is 143 Å². The van der Waals surface area contributed by atoms with Crippen molar-refractivity contribution >= 4 is 86.4 Å². The molecule has 0 spiro atoms. The standard InChI is InChI=1S/C42H26N2O2.C42H26N2OS.C41H27N3O/c1-2-8-27(9-3-1)28-14-16-29(17-15-28)36-26-37(30-18-20-31(21-19-30)40-24-32-10-4-6-12-38(32)45-40)44-42(43-36)33-22-23-35-34-11-5-7-13-39(34)46-41(35)25-33;1-2-8-27(9-3-1)28-14-16-29(17-15-28)36-26-37(30-18-20-31(21-19-30)39-24-32-10-4-6-12-38(32)45-39)44-42(43-36)33-22-23-35-34-11-5-7-13-40(34)46-41(35)25-33;1-2-7-28(8-3-1)29-12-16-31(17-13-29)37-26-38(32-18-20-33(21-19-32)40-25-35-9-4-5-11-39(35)45-40)44-41(43-37)34-22-14-30(15-23-34)36-10-6-24-42-27-36/h2*1-26H;1-27H. The fraction of sp³-hybridized carbons (Fsp3) is 0. The first kappa shape index (κ1) is 82.0. The molecule has 9 aromatic heterocycles. The Balaban J connectivity index is 0.000000112. The van der Waals surface area contributed by atoms with Gasteiger partial charge in [0.25, 0.3) is 0 Å². The van der Waals surface area contributed by atoms with Crippen LogP contribution >= 0.6 is 11.3 Å². The number of hydrogen-bond acceptors (Lipinski definition) is 12. The summed E-state index contributed by atoms with van der Waals surface area (Å²) in [5.41, 5.74) is 30.8. The molecule has 26 aromatic rings. The minimum Gasteiger partial charge on any atom is -0.456 e. The lowest BCUT2D eigenvalue weighted by molar-refractivity contribution is 0.631. The molecular formula is C125H79N7O4S. The monoisotopic (exact) mass is 1770 g/mol. The van der Waals surface area contributed by atoms with Crippen molar-refractivity contribution < 1.29 is 17.7 Å². The second kappa shape index (κ2) is 36.1. The molecule has 12 heteroatoms. The highest BCUT2D eigenvalue weighted by Crippen LogP contribution is 2.42. The van der Waals surface area contributed by atoms with E-state index in [9.17, 15) is 0 Å². The summed E-state index contributed by atoms with van der Waals surface area (Å²) < 4.78 is 27.1. The molecule has 11 nitrogen and oxygen atoms in total. The third-order valence-corrected chi connectivity index (χ3v) is 26.3. The molecule has 26 rings (SSSR count). The van der Waals surface area contributed by atoms with Crippen molar-refractivity contribution in [3.05, 3.63) is 480 Å². The van der Waals surface area contributed by atoms with Gasteiger partial charge in [-0.25, -0.2) is 29.9 Å². The van der Waals surface area contributed by atoms with Crippen LogP contribution in [-0.4, -0.2) is 34.9 Å². The van der Waals surface area contributed by atoms with Crippen molar-refractivity contribution in [1.82, 2.24) is 34.9 Å². The van der Waals surface area contributed by atoms with E-state index in [1.807, 2.05) is 121 Å². The SMILES string of the molecule is c1ccc(-c2ccc(-c3cc(-c4ccc(-c5cc6ccccc6o5)cc4)nc(-c4ccc(-c5cccnc5)cc4)n3)cc2)cc1.c1ccc(-c2ccc(-c3cc(-c4ccc(-c5cc6ccccc6o5)cc4)nc(-c4ccc5c(c4)oc4ccccc45)n3)cc2)cc1.c1ccc(-c2ccc(-c3cc(-c4ccc(-c5cc6ccccc6o5)cc4)nc(-c4ccc5c(c4)sc4ccccc45)n3)cc2)cc1. The Morgan fingerprint density at radius 3 is 0.825 bits per heavy atom. The Kier molecular flexibility index (Phi) is 21.6. The smallest absolute Gasteiger partial charge is 0.160 e. The van der Waals surface area contributed by atoms with E-state index in [1.165, 1.54) is 48.0 Å². The Morgan fingerprint density at radius 1 is 0.161 bits per heavy atom. The Hall–Kier alpha value is -18.2. The normalized spacial score (nSPS) is 11.4. The van der Waals surface area contributed by atoms with Crippen LogP contribution in [0.25, 0.3) is 255 Å². The lowest BCUT2D eigenvalue weighted by Crippen LogP contribution is -1.96. The second-order valence-corrected chi connectivity index (χ2v) is 34.9. The minimum atomic E-state index is 0.642. The van der Waals surface area contributed by atoms with Crippen LogP contribution < -0.4 is 0 Å². The van der Waals surface area contributed by atoms with Crippen LogP contribution in [0, 0.1) is 0 Å². The molecule has 644 valence electrons. The number of para-hydroxylation sites is 4. The van der Waals surface area contributed by atoms with E-state index in [-0.39, 0.29) is 0 Å². The van der Waals surface area contributed by atoms with Gasteiger partial charge in [0.1, 0.15) is 45.2 Å². The molecule has 0 saturated carbocycles. The molecule has 17 aromatic carbocycles. The van der Waals surface area contributed by atoms with Crippen LogP contribution in [0.4, 0.5) is 0 Å². The van der Waals surface area contributed by atoms with Crippen molar-refractivity contribution in [3.8, 4) is 180 Å². The zero-order chi connectivity index (χ0) is 90.9. The molecule has 137 heavy (non-hydrogen) atoms. The number of nitrogens with zero attached hydrogens (tertiary/aromatic N) is 7. The van der Waals surface area contributed by atoms with Gasteiger partial charge in [-0.15, -0.1) is 11.3 Å². The van der Waals surface area contributed by atoms with Gasteiger partial charge in [-0.05, 0) is 136 Å². The molecule has 0 aliphatic carbocycles. The number of fused-ring (bicyclic) bond motifs is 9. The maximum absolute atomic E-state index is 6.21. The molecule has 9 heterocycles. The predicted octanol–water partition coefficient (Wildman–Crippen LogP) is 34.0. The molecule has 0 unspecified atom stereocenters. The van der Waals surface area contributed by atoms with E-state index in [4.69, 9.17) is 47.6 Å². The average Bonchev–Trinajstić information content (AvgIpc) is 1.71. The molecule has 0 radical (unpaired) electrons. The Bertz CT molecular complexity index is 8330. The average molecular weight is 1780 g/mol. The zero-order valence-electron chi connectivity index (χ0n) is 73.8. The number of rotatable bonds is 16. The summed E-state index contributed by atoms with van der Waals surface area (Å²) in [5.74, 6) is 4.57. The van der Waals surface area contributed by atoms with E-state index < -0.39 is 0 Å². The third kappa shape index (κ3) is 17.0. The first-order valence-electron chi connectivity index (χ1n) is 45.5. The molecular weight excluding hydrogens is 1700 g/mol. The van der Waals surface area contributed by atoms with E-state index in [2.05, 4.69) is 369 Å². The lowest BCUT2D eigenvalue weighted by atomic mass is 10.0. The van der Waals surface area contributed by atoms with E-state index in [0.29, 0.717) is 17.5 Å². The van der Waals surface area contributed by atoms with Crippen molar-refractivity contribution in [1.29, 1.82) is 0 Å². The number of aromatic nitrogens is 7. The number of furan rings is 4. The summed E-state index contributed by atoms with van der Waals surface area (Å²) in [6, 6.07) is 161. The van der Waals surface area contributed by atoms with Crippen molar-refractivity contribution in [2.45, 2.75) is 0 Å². The van der Waals surface area contributed by atoms with E-state index in [1.54, 1.807) is 6.20 Å². The minimum absolute atomic E-state index is 0.642. The van der Waals surface area contributed by atoms with Crippen molar-refractivity contribution in [2.75, 3.05) is 0 Å². The highest BCUT2D eigenvalue weighted by Gasteiger charge is 2.21. The van der Waals surface area contributed by atoms with Gasteiger partial charge in [-0.2, -0.15) is 0 Å². The van der Waals surface area contributed by atoms with Gasteiger partial charge >= 0.3 is 0 Å². The van der Waals surface area contributed by atoms with E-state index >= 15 is 0 Å². The van der Waals surface area contributed by atoms with Gasteiger partial charge < -0.3 is 17.7 Å². The maximum atomic E-state index is 6.21. The molecule has 0 N–H and O–H groups in total. The number of thiophene rings is 1. The predicted molar refractivity (Wildman–Crippen MR) is 560 cm³/mol. The fourth-order valence-corrected chi connectivity index (χ4v) is 19.0. The lowest BCUT2D eigenvalue weighted by Gasteiger charge is -2.11. The first-order chi connectivity index (χ1) is 67.8. The van der Waals surface area contributed by atoms with Gasteiger partial charge in [-0.1, -0.05) is 376 Å². The number of hydrogen-bond donors (Lipinski definition) is 0. The summed E-state index contributed by atoms with van der Waals surface area (Å²) in [5, 5.41) is 8.00. The van der Waals surface area contributed by atoms with E-state index in [0.717, 1.165) is 190 Å². The van der Waals surface area contributed by atoms with Crippen LogP contribution in [0.3, 0.4) is 0 Å². The van der Waals surface area contributed by atoms with Crippen LogP contribution in [-0.2, 0) is 0 Å². The molecule has 0 bridgehead atoms. The quantitative estimate of drug-likeness (QED) is 0.0912. The molecule has 0 saturated heterocycles.